The van der Waals surface area contributed by atoms with Crippen molar-refractivity contribution in [3.63, 3.8) is 0 Å². The zero-order valence-corrected chi connectivity index (χ0v) is 18.5. The van der Waals surface area contributed by atoms with E-state index in [4.69, 9.17) is 9.73 Å². The lowest BCUT2D eigenvalue weighted by Gasteiger charge is -2.31. The van der Waals surface area contributed by atoms with E-state index in [0.717, 1.165) is 70.1 Å². The first kappa shape index (κ1) is 22.7. The van der Waals surface area contributed by atoms with Crippen molar-refractivity contribution < 1.29 is 8.95 Å². The summed E-state index contributed by atoms with van der Waals surface area (Å²) in [4.78, 5) is 4.99. The predicted molar refractivity (Wildman–Crippen MR) is 116 cm³/mol. The Morgan fingerprint density at radius 1 is 1.19 bits per heavy atom. The maximum atomic E-state index is 12.2. The third-order valence-corrected chi connectivity index (χ3v) is 7.93. The molecule has 0 amide bonds. The number of ether oxygens (including phenoxy) is 1. The summed E-state index contributed by atoms with van der Waals surface area (Å²) in [6, 6.07) is 0.389. The molecule has 0 heterocycles. The van der Waals surface area contributed by atoms with Gasteiger partial charge in [-0.05, 0) is 57.8 Å². The van der Waals surface area contributed by atoms with E-state index in [1.54, 1.807) is 0 Å². The van der Waals surface area contributed by atoms with E-state index < -0.39 is 10.8 Å². The van der Waals surface area contributed by atoms with Gasteiger partial charge < -0.3 is 15.4 Å². The number of hydrogen-bond donors (Lipinski definition) is 2. The van der Waals surface area contributed by atoms with Crippen molar-refractivity contribution in [1.29, 1.82) is 0 Å². The van der Waals surface area contributed by atoms with Crippen LogP contribution >= 0.6 is 0 Å². The second-order valence-corrected chi connectivity index (χ2v) is 10.2. The molecule has 0 aromatic heterocycles. The topological polar surface area (TPSA) is 62.7 Å². The summed E-state index contributed by atoms with van der Waals surface area (Å²) < 4.78 is 17.8. The van der Waals surface area contributed by atoms with Crippen LogP contribution in [0.1, 0.15) is 78.6 Å². The molecule has 0 aromatic carbocycles. The van der Waals surface area contributed by atoms with Crippen LogP contribution in [-0.2, 0) is 15.5 Å². The predicted octanol–water partition coefficient (Wildman–Crippen LogP) is 3.61. The number of aliphatic imine (C=N–C) groups is 1. The highest BCUT2D eigenvalue weighted by molar-refractivity contribution is 7.85. The summed E-state index contributed by atoms with van der Waals surface area (Å²) in [7, 11) is -0.684. The first-order valence-corrected chi connectivity index (χ1v) is 12.5. The Kier molecular flexibility index (Phi) is 10.1. The molecule has 0 aromatic rings. The van der Waals surface area contributed by atoms with Gasteiger partial charge in [0.2, 0.25) is 0 Å². The Bertz CT molecular complexity index is 478. The minimum Gasteiger partial charge on any atom is -0.382 e. The van der Waals surface area contributed by atoms with Crippen molar-refractivity contribution in [3.05, 3.63) is 0 Å². The van der Waals surface area contributed by atoms with Gasteiger partial charge in [0, 0.05) is 54.1 Å². The van der Waals surface area contributed by atoms with Gasteiger partial charge in [0.05, 0.1) is 0 Å². The molecule has 0 saturated heterocycles. The molecule has 27 heavy (non-hydrogen) atoms. The summed E-state index contributed by atoms with van der Waals surface area (Å²) in [6.45, 7) is 9.61. The van der Waals surface area contributed by atoms with E-state index in [2.05, 4.69) is 24.5 Å². The fourth-order valence-electron chi connectivity index (χ4n) is 4.56. The Morgan fingerprint density at radius 3 is 2.63 bits per heavy atom. The second-order valence-electron chi connectivity index (χ2n) is 8.15. The van der Waals surface area contributed by atoms with Crippen LogP contribution < -0.4 is 10.6 Å². The van der Waals surface area contributed by atoms with Crippen LogP contribution in [0.15, 0.2) is 4.99 Å². The molecule has 2 saturated carbocycles. The summed E-state index contributed by atoms with van der Waals surface area (Å²) >= 11 is 0. The monoisotopic (exact) mass is 399 g/mol. The minimum atomic E-state index is -0.684. The van der Waals surface area contributed by atoms with E-state index >= 15 is 0 Å². The number of nitrogens with one attached hydrogen (secondary N) is 2. The molecule has 158 valence electrons. The first-order valence-electron chi connectivity index (χ1n) is 11.1. The van der Waals surface area contributed by atoms with Crippen molar-refractivity contribution >= 4 is 16.8 Å². The molecular weight excluding hydrogens is 358 g/mol. The van der Waals surface area contributed by atoms with Crippen LogP contribution in [0.25, 0.3) is 0 Å². The van der Waals surface area contributed by atoms with E-state index in [-0.39, 0.29) is 0 Å². The largest absolute Gasteiger partial charge is 0.382 e. The van der Waals surface area contributed by atoms with Crippen LogP contribution in [-0.4, -0.2) is 53.5 Å². The van der Waals surface area contributed by atoms with Gasteiger partial charge in [-0.15, -0.1) is 0 Å². The number of guanidine groups is 1. The molecule has 2 aliphatic rings. The number of rotatable bonds is 10. The lowest BCUT2D eigenvalue weighted by atomic mass is 9.83. The van der Waals surface area contributed by atoms with Gasteiger partial charge in [0.25, 0.3) is 0 Å². The quantitative estimate of drug-likeness (QED) is 0.335. The van der Waals surface area contributed by atoms with Crippen molar-refractivity contribution in [2.45, 2.75) is 89.9 Å². The molecule has 0 spiro atoms. The van der Waals surface area contributed by atoms with Gasteiger partial charge in [-0.3, -0.25) is 9.20 Å². The Hall–Kier alpha value is -0.620. The number of hydrogen-bond acceptors (Lipinski definition) is 3. The molecule has 2 aliphatic carbocycles. The van der Waals surface area contributed by atoms with Crippen LogP contribution in [0.3, 0.4) is 0 Å². The average Bonchev–Trinajstić information content (AvgIpc) is 3.15. The van der Waals surface area contributed by atoms with Gasteiger partial charge in [-0.25, -0.2) is 0 Å². The molecule has 2 rings (SSSR count). The highest BCUT2D eigenvalue weighted by Crippen LogP contribution is 2.41. The van der Waals surface area contributed by atoms with Crippen LogP contribution in [0.4, 0.5) is 0 Å². The zero-order valence-electron chi connectivity index (χ0n) is 17.7. The Labute approximate surface area is 169 Å². The van der Waals surface area contributed by atoms with E-state index in [9.17, 15) is 4.21 Å². The number of nitrogens with zero attached hydrogens (tertiary/aromatic N) is 1. The van der Waals surface area contributed by atoms with Gasteiger partial charge in [0.15, 0.2) is 5.96 Å². The molecule has 5 nitrogen and oxygen atoms in total. The molecule has 3 atom stereocenters. The Morgan fingerprint density at radius 2 is 1.96 bits per heavy atom. The van der Waals surface area contributed by atoms with Crippen LogP contribution in [0.2, 0.25) is 0 Å². The molecule has 0 bridgehead atoms. The molecule has 0 aliphatic heterocycles. The molecule has 0 radical (unpaired) electrons. The molecule has 2 N–H and O–H groups in total. The molecule has 6 heteroatoms. The highest BCUT2D eigenvalue weighted by atomic mass is 32.2. The maximum Gasteiger partial charge on any atom is 0.191 e. The van der Waals surface area contributed by atoms with Crippen molar-refractivity contribution in [1.82, 2.24) is 10.6 Å². The third-order valence-electron chi connectivity index (χ3n) is 6.19. The summed E-state index contributed by atoms with van der Waals surface area (Å²) in [6.07, 6.45) is 10.7. The molecule has 3 unspecified atom stereocenters. The SMILES string of the molecule is CCNC(=NCC1(CCOCC)CCCC1)NC1CCCC(S(=O)CC)C1. The van der Waals surface area contributed by atoms with Crippen molar-refractivity contribution in [3.8, 4) is 0 Å². The smallest absolute Gasteiger partial charge is 0.191 e. The summed E-state index contributed by atoms with van der Waals surface area (Å²) in [5.41, 5.74) is 0.316. The normalized spacial score (nSPS) is 26.7. The fourth-order valence-corrected chi connectivity index (χ4v) is 5.90. The van der Waals surface area contributed by atoms with Crippen LogP contribution in [0.5, 0.6) is 0 Å². The standard InChI is InChI=1S/C21H41N3O2S/c1-4-22-20(24-18-10-9-11-19(16-18)27(25)6-3)23-17-21(12-7-8-13-21)14-15-26-5-2/h18-19H,4-17H2,1-3H3,(H2,22,23,24). The second kappa shape index (κ2) is 12.1. The van der Waals surface area contributed by atoms with Gasteiger partial charge >= 0.3 is 0 Å². The van der Waals surface area contributed by atoms with E-state index in [1.165, 1.54) is 25.7 Å². The summed E-state index contributed by atoms with van der Waals surface area (Å²) in [5, 5.41) is 7.42. The van der Waals surface area contributed by atoms with Gasteiger partial charge in [-0.2, -0.15) is 0 Å². The fraction of sp³-hybridized carbons (Fsp3) is 0.952. The molecule has 2 fully saturated rings. The Balaban J connectivity index is 1.95. The summed E-state index contributed by atoms with van der Waals surface area (Å²) in [5.74, 6) is 1.71. The average molecular weight is 400 g/mol. The van der Waals surface area contributed by atoms with E-state index in [0.29, 0.717) is 16.7 Å². The highest BCUT2D eigenvalue weighted by Gasteiger charge is 2.33. The van der Waals surface area contributed by atoms with E-state index in [1.807, 2.05) is 6.92 Å². The lowest BCUT2D eigenvalue weighted by Crippen LogP contribution is -2.47. The zero-order chi connectivity index (χ0) is 19.5. The lowest BCUT2D eigenvalue weighted by molar-refractivity contribution is 0.107. The third kappa shape index (κ3) is 7.37. The van der Waals surface area contributed by atoms with Gasteiger partial charge in [-0.1, -0.05) is 26.2 Å². The first-order chi connectivity index (χ1) is 13.1. The van der Waals surface area contributed by atoms with Crippen LogP contribution in [0, 0.1) is 5.41 Å². The minimum absolute atomic E-state index is 0.316. The molecular formula is C21H41N3O2S. The van der Waals surface area contributed by atoms with Crippen molar-refractivity contribution in [2.75, 3.05) is 32.1 Å². The van der Waals surface area contributed by atoms with Crippen molar-refractivity contribution in [2.24, 2.45) is 10.4 Å². The maximum absolute atomic E-state index is 12.2. The van der Waals surface area contributed by atoms with Gasteiger partial charge in [0.1, 0.15) is 0 Å².